The highest BCUT2D eigenvalue weighted by atomic mass is 16.6. The summed E-state index contributed by atoms with van der Waals surface area (Å²) in [5.41, 5.74) is 0.675. The van der Waals surface area contributed by atoms with Crippen LogP contribution < -0.4 is 0 Å². The van der Waals surface area contributed by atoms with Crippen molar-refractivity contribution in [1.29, 1.82) is 0 Å². The van der Waals surface area contributed by atoms with Gasteiger partial charge in [0.1, 0.15) is 17.8 Å². The Hall–Kier alpha value is -1.36. The number of hydrogen-bond acceptors (Lipinski definition) is 5. The van der Waals surface area contributed by atoms with Gasteiger partial charge in [-0.3, -0.25) is 9.59 Å². The number of carbonyl (C=O) groups is 2. The van der Waals surface area contributed by atoms with Crippen molar-refractivity contribution < 1.29 is 23.8 Å². The zero-order valence-electron chi connectivity index (χ0n) is 12.5. The zero-order valence-corrected chi connectivity index (χ0v) is 12.5. The number of carbonyl (C=O) groups excluding carboxylic acids is 2. The van der Waals surface area contributed by atoms with Gasteiger partial charge < -0.3 is 14.2 Å². The molecule has 5 nitrogen and oxygen atoms in total. The van der Waals surface area contributed by atoms with E-state index in [1.165, 1.54) is 12.5 Å². The Morgan fingerprint density at radius 3 is 2.95 bits per heavy atom. The van der Waals surface area contributed by atoms with Crippen LogP contribution in [0.3, 0.4) is 0 Å². The second-order valence-electron chi connectivity index (χ2n) is 7.03. The molecule has 5 heteroatoms. The molecular weight excluding hydrogens is 272 g/mol. The minimum absolute atomic E-state index is 0.0575. The summed E-state index contributed by atoms with van der Waals surface area (Å²) < 4.78 is 17.3. The second-order valence-corrected chi connectivity index (χ2v) is 7.03. The van der Waals surface area contributed by atoms with Gasteiger partial charge >= 0.3 is 11.9 Å². The van der Waals surface area contributed by atoms with Crippen LogP contribution in [0.4, 0.5) is 0 Å². The molecule has 3 fully saturated rings. The first-order valence-electron chi connectivity index (χ1n) is 7.60. The normalized spacial score (nSPS) is 50.2. The van der Waals surface area contributed by atoms with Crippen LogP contribution in [0.1, 0.15) is 40.0 Å². The van der Waals surface area contributed by atoms with Gasteiger partial charge in [-0.2, -0.15) is 0 Å². The van der Waals surface area contributed by atoms with E-state index in [0.717, 1.165) is 6.42 Å². The predicted octanol–water partition coefficient (Wildman–Crippen LogP) is 1.75. The quantitative estimate of drug-likeness (QED) is 0.418. The Labute approximate surface area is 123 Å². The first-order valence-corrected chi connectivity index (χ1v) is 7.60. The minimum atomic E-state index is -0.310. The van der Waals surface area contributed by atoms with Crippen molar-refractivity contribution in [1.82, 2.24) is 0 Å². The number of rotatable bonds is 1. The summed E-state index contributed by atoms with van der Waals surface area (Å²) in [6, 6.07) is 0. The lowest BCUT2D eigenvalue weighted by atomic mass is 9.79. The van der Waals surface area contributed by atoms with Crippen LogP contribution in [-0.2, 0) is 23.8 Å². The molecule has 0 aromatic rings. The fourth-order valence-electron chi connectivity index (χ4n) is 4.83. The van der Waals surface area contributed by atoms with Gasteiger partial charge in [-0.1, -0.05) is 11.6 Å². The topological polar surface area (TPSA) is 65.1 Å². The lowest BCUT2D eigenvalue weighted by Gasteiger charge is -2.29. The maximum atomic E-state index is 11.8. The Bertz CT molecular complexity index is 567. The van der Waals surface area contributed by atoms with Crippen LogP contribution in [0.5, 0.6) is 0 Å². The zero-order chi connectivity index (χ0) is 15.0. The molecule has 0 aromatic carbocycles. The Morgan fingerprint density at radius 1 is 1.48 bits per heavy atom. The second kappa shape index (κ2) is 3.88. The van der Waals surface area contributed by atoms with Gasteiger partial charge in [-0.25, -0.2) is 0 Å². The summed E-state index contributed by atoms with van der Waals surface area (Å²) in [7, 11) is 0. The first kappa shape index (κ1) is 13.3. The van der Waals surface area contributed by atoms with Gasteiger partial charge in [0.2, 0.25) is 0 Å². The third-order valence-corrected chi connectivity index (χ3v) is 5.79. The molecule has 1 saturated carbocycles. The molecule has 2 aliphatic carbocycles. The molecule has 6 atom stereocenters. The smallest absolute Gasteiger partial charge is 0.306 e. The number of epoxide rings is 1. The maximum absolute atomic E-state index is 11.8. The lowest BCUT2D eigenvalue weighted by Crippen LogP contribution is -2.38. The number of hydrogen-bond donors (Lipinski definition) is 0. The average Bonchev–Trinajstić information content (AvgIpc) is 2.66. The van der Waals surface area contributed by atoms with Crippen molar-refractivity contribution in [2.45, 2.75) is 63.4 Å². The van der Waals surface area contributed by atoms with Crippen LogP contribution in [0.15, 0.2) is 11.6 Å². The largest absolute Gasteiger partial charge is 0.462 e. The number of fused-ring (bicyclic) bond motifs is 2. The molecule has 114 valence electrons. The third kappa shape index (κ3) is 1.61. The van der Waals surface area contributed by atoms with Crippen molar-refractivity contribution >= 4 is 11.9 Å². The van der Waals surface area contributed by atoms with E-state index in [4.69, 9.17) is 14.2 Å². The summed E-state index contributed by atoms with van der Waals surface area (Å²) in [6.45, 7) is 5.58. The molecule has 2 saturated heterocycles. The van der Waals surface area contributed by atoms with Crippen molar-refractivity contribution in [2.24, 2.45) is 11.8 Å². The van der Waals surface area contributed by atoms with Gasteiger partial charge in [0.25, 0.3) is 0 Å². The Balaban J connectivity index is 1.75. The summed E-state index contributed by atoms with van der Waals surface area (Å²) in [6.07, 6.45) is 3.49. The summed E-state index contributed by atoms with van der Waals surface area (Å²) in [5.74, 6) is -0.463. The van der Waals surface area contributed by atoms with Gasteiger partial charge in [0.05, 0.1) is 12.0 Å². The summed E-state index contributed by atoms with van der Waals surface area (Å²) in [5, 5.41) is 0. The fraction of sp³-hybridized carbons (Fsp3) is 0.750. The molecule has 2 aliphatic heterocycles. The lowest BCUT2D eigenvalue weighted by molar-refractivity contribution is -0.152. The van der Waals surface area contributed by atoms with E-state index in [0.29, 0.717) is 12.8 Å². The fourth-order valence-corrected chi connectivity index (χ4v) is 4.83. The van der Waals surface area contributed by atoms with E-state index in [2.05, 4.69) is 19.9 Å². The molecular formula is C16H20O5. The highest BCUT2D eigenvalue weighted by Crippen LogP contribution is 2.67. The molecule has 4 rings (SSSR count). The van der Waals surface area contributed by atoms with Crippen molar-refractivity contribution in [2.75, 3.05) is 0 Å². The van der Waals surface area contributed by atoms with Gasteiger partial charge in [-0.15, -0.1) is 0 Å². The predicted molar refractivity (Wildman–Crippen MR) is 72.2 cm³/mol. The highest BCUT2D eigenvalue weighted by Gasteiger charge is 2.77. The van der Waals surface area contributed by atoms with Crippen LogP contribution in [0, 0.1) is 11.8 Å². The van der Waals surface area contributed by atoms with E-state index in [9.17, 15) is 9.59 Å². The Kier molecular flexibility index (Phi) is 2.46. The SMILES string of the molecule is CC(=O)O[C@H]1C[C@]2(C)O[C@@]23CC=C(C)[C@@H]3[C@H]2OC(=O)C[C@@H]21. The molecule has 0 unspecified atom stereocenters. The number of esters is 2. The van der Waals surface area contributed by atoms with E-state index < -0.39 is 0 Å². The van der Waals surface area contributed by atoms with Gasteiger partial charge in [-0.05, 0) is 20.3 Å². The van der Waals surface area contributed by atoms with Crippen LogP contribution in [0.25, 0.3) is 0 Å². The van der Waals surface area contributed by atoms with E-state index in [1.807, 2.05) is 0 Å². The summed E-state index contributed by atoms with van der Waals surface area (Å²) >= 11 is 0. The highest BCUT2D eigenvalue weighted by molar-refractivity contribution is 5.73. The van der Waals surface area contributed by atoms with Crippen LogP contribution >= 0.6 is 0 Å². The van der Waals surface area contributed by atoms with Crippen LogP contribution in [-0.4, -0.2) is 35.3 Å². The molecule has 21 heavy (non-hydrogen) atoms. The van der Waals surface area contributed by atoms with Crippen molar-refractivity contribution in [3.8, 4) is 0 Å². The average molecular weight is 292 g/mol. The molecule has 1 spiro atoms. The number of ether oxygens (including phenoxy) is 3. The van der Waals surface area contributed by atoms with Gasteiger partial charge in [0.15, 0.2) is 0 Å². The van der Waals surface area contributed by atoms with E-state index >= 15 is 0 Å². The molecule has 0 bridgehead atoms. The van der Waals surface area contributed by atoms with Crippen LogP contribution in [0.2, 0.25) is 0 Å². The van der Waals surface area contributed by atoms with E-state index in [-0.39, 0.29) is 47.2 Å². The molecule has 4 aliphatic rings. The monoisotopic (exact) mass is 292 g/mol. The molecule has 0 radical (unpaired) electrons. The van der Waals surface area contributed by atoms with E-state index in [1.54, 1.807) is 0 Å². The first-order chi connectivity index (χ1) is 9.86. The summed E-state index contributed by atoms with van der Waals surface area (Å²) in [4.78, 5) is 23.3. The maximum Gasteiger partial charge on any atom is 0.306 e. The Morgan fingerprint density at radius 2 is 2.24 bits per heavy atom. The third-order valence-electron chi connectivity index (χ3n) is 5.79. The van der Waals surface area contributed by atoms with Gasteiger partial charge in [0, 0.05) is 25.2 Å². The molecule has 0 amide bonds. The molecule has 0 aromatic heterocycles. The molecule has 2 heterocycles. The molecule has 0 N–H and O–H groups in total. The standard InChI is InChI=1S/C16H20O5/c1-8-4-5-16-13(8)14-10(6-12(18)20-14)11(19-9(2)17)7-15(16,3)21-16/h4,10-11,13-14H,5-7H2,1-3H3/t10-,11+,13-,14+,15+,16-/m1/s1. The van der Waals surface area contributed by atoms with Crippen molar-refractivity contribution in [3.63, 3.8) is 0 Å². The van der Waals surface area contributed by atoms with Crippen molar-refractivity contribution in [3.05, 3.63) is 11.6 Å². The minimum Gasteiger partial charge on any atom is -0.462 e.